The third-order valence-corrected chi connectivity index (χ3v) is 3.39. The fraction of sp³-hybridized carbons (Fsp3) is 0.250. The molecular formula is C16H17N3O. The average molecular weight is 267 g/mol. The molecule has 0 atom stereocenters. The van der Waals surface area contributed by atoms with Crippen LogP contribution in [-0.4, -0.2) is 23.0 Å². The molecule has 2 heterocycles. The van der Waals surface area contributed by atoms with Crippen LogP contribution in [-0.2, 0) is 0 Å². The van der Waals surface area contributed by atoms with E-state index in [4.69, 9.17) is 0 Å². The highest BCUT2D eigenvalue weighted by Crippen LogP contribution is 2.34. The Balaban J connectivity index is 2.03. The van der Waals surface area contributed by atoms with Gasteiger partial charge in [0, 0.05) is 30.0 Å². The largest absolute Gasteiger partial charge is 0.377 e. The van der Waals surface area contributed by atoms with Gasteiger partial charge in [0.2, 0.25) is 0 Å². The van der Waals surface area contributed by atoms with E-state index >= 15 is 0 Å². The van der Waals surface area contributed by atoms with Crippen LogP contribution >= 0.6 is 0 Å². The number of rotatable bonds is 1. The summed E-state index contributed by atoms with van der Waals surface area (Å²) in [6.07, 6.45) is 3.29. The molecule has 1 amide bonds. The van der Waals surface area contributed by atoms with E-state index < -0.39 is 0 Å². The Hall–Kier alpha value is -2.36. The Morgan fingerprint density at radius 1 is 1.20 bits per heavy atom. The molecule has 4 nitrogen and oxygen atoms in total. The van der Waals surface area contributed by atoms with Crippen molar-refractivity contribution < 1.29 is 4.79 Å². The quantitative estimate of drug-likeness (QED) is 0.864. The van der Waals surface area contributed by atoms with Crippen LogP contribution in [0.1, 0.15) is 24.2 Å². The number of fused-ring (bicyclic) bond motifs is 1. The van der Waals surface area contributed by atoms with Gasteiger partial charge in [-0.15, -0.1) is 0 Å². The Bertz CT molecular complexity index is 637. The SMILES string of the molecule is CC1(C)CN(C(=O)c2ccncc2)c2ccccc2N1. The molecule has 0 bridgehead atoms. The molecule has 0 spiro atoms. The standard InChI is InChI=1S/C16H17N3O/c1-16(2)11-19(14-6-4-3-5-13(14)18-16)15(20)12-7-9-17-10-8-12/h3-10,18H,11H2,1-2H3. The number of hydrogen-bond donors (Lipinski definition) is 1. The van der Waals surface area contributed by atoms with Gasteiger partial charge in [-0.1, -0.05) is 12.1 Å². The fourth-order valence-corrected chi connectivity index (χ4v) is 2.53. The summed E-state index contributed by atoms with van der Waals surface area (Å²) in [4.78, 5) is 18.5. The summed E-state index contributed by atoms with van der Waals surface area (Å²) in [5.74, 6) is 0.00873. The Kier molecular flexibility index (Phi) is 2.93. The average Bonchev–Trinajstić information content (AvgIpc) is 2.45. The molecule has 0 saturated carbocycles. The van der Waals surface area contributed by atoms with Gasteiger partial charge in [-0.2, -0.15) is 0 Å². The number of anilines is 2. The van der Waals surface area contributed by atoms with Crippen molar-refractivity contribution in [3.63, 3.8) is 0 Å². The van der Waals surface area contributed by atoms with Gasteiger partial charge >= 0.3 is 0 Å². The number of benzene rings is 1. The molecule has 0 aliphatic carbocycles. The smallest absolute Gasteiger partial charge is 0.258 e. The number of carbonyl (C=O) groups is 1. The van der Waals surface area contributed by atoms with E-state index in [0.717, 1.165) is 11.4 Å². The lowest BCUT2D eigenvalue weighted by Crippen LogP contribution is -2.50. The van der Waals surface area contributed by atoms with Gasteiger partial charge in [0.1, 0.15) is 0 Å². The third kappa shape index (κ3) is 2.25. The summed E-state index contributed by atoms with van der Waals surface area (Å²) in [6, 6.07) is 11.4. The molecule has 0 radical (unpaired) electrons. The molecule has 1 aromatic heterocycles. The zero-order chi connectivity index (χ0) is 14.2. The second-order valence-corrected chi connectivity index (χ2v) is 5.65. The number of aromatic nitrogens is 1. The maximum Gasteiger partial charge on any atom is 0.258 e. The monoisotopic (exact) mass is 267 g/mol. The molecule has 0 fully saturated rings. The van der Waals surface area contributed by atoms with E-state index in [0.29, 0.717) is 12.1 Å². The highest BCUT2D eigenvalue weighted by molar-refractivity contribution is 6.08. The molecule has 1 aliphatic heterocycles. The fourth-order valence-electron chi connectivity index (χ4n) is 2.53. The third-order valence-electron chi connectivity index (χ3n) is 3.39. The van der Waals surface area contributed by atoms with Crippen LogP contribution in [0.4, 0.5) is 11.4 Å². The van der Waals surface area contributed by atoms with Gasteiger partial charge in [0.15, 0.2) is 0 Å². The molecule has 3 rings (SSSR count). The Morgan fingerprint density at radius 2 is 1.90 bits per heavy atom. The molecular weight excluding hydrogens is 250 g/mol. The van der Waals surface area contributed by atoms with Gasteiger partial charge in [-0.3, -0.25) is 9.78 Å². The van der Waals surface area contributed by atoms with Crippen LogP contribution in [0.25, 0.3) is 0 Å². The maximum absolute atomic E-state index is 12.7. The molecule has 1 aliphatic rings. The van der Waals surface area contributed by atoms with Crippen molar-refractivity contribution in [2.75, 3.05) is 16.8 Å². The first-order chi connectivity index (χ1) is 9.57. The summed E-state index contributed by atoms with van der Waals surface area (Å²) in [7, 11) is 0. The second kappa shape index (κ2) is 4.63. The van der Waals surface area contributed by atoms with Crippen molar-refractivity contribution in [2.24, 2.45) is 0 Å². The summed E-state index contributed by atoms with van der Waals surface area (Å²) in [5, 5.41) is 3.47. The number of amides is 1. The van der Waals surface area contributed by atoms with Crippen LogP contribution < -0.4 is 10.2 Å². The van der Waals surface area contributed by atoms with E-state index in [9.17, 15) is 4.79 Å². The topological polar surface area (TPSA) is 45.2 Å². The first kappa shape index (κ1) is 12.7. The molecule has 1 aromatic carbocycles. The normalized spacial score (nSPS) is 16.2. The maximum atomic E-state index is 12.7. The van der Waals surface area contributed by atoms with Crippen LogP contribution in [0.15, 0.2) is 48.8 Å². The van der Waals surface area contributed by atoms with Gasteiger partial charge in [0.05, 0.1) is 11.4 Å². The minimum Gasteiger partial charge on any atom is -0.377 e. The highest BCUT2D eigenvalue weighted by atomic mass is 16.2. The van der Waals surface area contributed by atoms with Gasteiger partial charge in [0.25, 0.3) is 5.91 Å². The number of pyridine rings is 1. The second-order valence-electron chi connectivity index (χ2n) is 5.65. The number of hydrogen-bond acceptors (Lipinski definition) is 3. The summed E-state index contributed by atoms with van der Waals surface area (Å²) >= 11 is 0. The van der Waals surface area contributed by atoms with Crippen LogP contribution in [0.2, 0.25) is 0 Å². The van der Waals surface area contributed by atoms with Crippen molar-refractivity contribution >= 4 is 17.3 Å². The summed E-state index contributed by atoms with van der Waals surface area (Å²) < 4.78 is 0. The first-order valence-electron chi connectivity index (χ1n) is 6.66. The molecule has 102 valence electrons. The van der Waals surface area contributed by atoms with Crippen molar-refractivity contribution in [1.82, 2.24) is 4.98 Å². The van der Waals surface area contributed by atoms with E-state index in [1.807, 2.05) is 29.2 Å². The van der Waals surface area contributed by atoms with Gasteiger partial charge < -0.3 is 10.2 Å². The first-order valence-corrected chi connectivity index (χ1v) is 6.66. The molecule has 1 N–H and O–H groups in total. The highest BCUT2D eigenvalue weighted by Gasteiger charge is 2.32. The number of carbonyl (C=O) groups excluding carboxylic acids is 1. The number of nitrogens with one attached hydrogen (secondary N) is 1. The number of nitrogens with zero attached hydrogens (tertiary/aromatic N) is 2. The Morgan fingerprint density at radius 3 is 2.65 bits per heavy atom. The molecule has 0 saturated heterocycles. The van der Waals surface area contributed by atoms with Crippen molar-refractivity contribution in [2.45, 2.75) is 19.4 Å². The van der Waals surface area contributed by atoms with E-state index in [1.54, 1.807) is 24.5 Å². The number of para-hydroxylation sites is 2. The lowest BCUT2D eigenvalue weighted by Gasteiger charge is -2.40. The predicted molar refractivity (Wildman–Crippen MR) is 80.1 cm³/mol. The minimum atomic E-state index is -0.156. The van der Waals surface area contributed by atoms with Gasteiger partial charge in [-0.25, -0.2) is 0 Å². The van der Waals surface area contributed by atoms with Crippen molar-refractivity contribution in [3.8, 4) is 0 Å². The van der Waals surface area contributed by atoms with E-state index in [-0.39, 0.29) is 11.4 Å². The zero-order valence-corrected chi connectivity index (χ0v) is 11.6. The van der Waals surface area contributed by atoms with Crippen molar-refractivity contribution in [3.05, 3.63) is 54.4 Å². The molecule has 0 unspecified atom stereocenters. The molecule has 20 heavy (non-hydrogen) atoms. The summed E-state index contributed by atoms with van der Waals surface area (Å²) in [6.45, 7) is 4.82. The molecule has 4 heteroatoms. The predicted octanol–water partition coefficient (Wildman–Crippen LogP) is 2.93. The molecule has 2 aromatic rings. The van der Waals surface area contributed by atoms with Crippen LogP contribution in [0, 0.1) is 0 Å². The Labute approximate surface area is 118 Å². The van der Waals surface area contributed by atoms with E-state index in [1.165, 1.54) is 0 Å². The van der Waals surface area contributed by atoms with Crippen molar-refractivity contribution in [1.29, 1.82) is 0 Å². The van der Waals surface area contributed by atoms with Crippen LogP contribution in [0.5, 0.6) is 0 Å². The lowest BCUT2D eigenvalue weighted by molar-refractivity contribution is 0.0981. The van der Waals surface area contributed by atoms with Gasteiger partial charge in [-0.05, 0) is 38.1 Å². The van der Waals surface area contributed by atoms with E-state index in [2.05, 4.69) is 24.1 Å². The lowest BCUT2D eigenvalue weighted by atomic mass is 9.98. The zero-order valence-electron chi connectivity index (χ0n) is 11.6. The minimum absolute atomic E-state index is 0.00873. The van der Waals surface area contributed by atoms with Crippen LogP contribution in [0.3, 0.4) is 0 Å². The summed E-state index contributed by atoms with van der Waals surface area (Å²) in [5.41, 5.74) is 2.42.